The van der Waals surface area contributed by atoms with E-state index in [9.17, 15) is 9.50 Å². The molecule has 0 atom stereocenters. The lowest BCUT2D eigenvalue weighted by atomic mass is 9.69. The Kier molecular flexibility index (Phi) is 4.36. The minimum absolute atomic E-state index is 0.136. The highest BCUT2D eigenvalue weighted by atomic mass is 19.1. The Morgan fingerprint density at radius 1 is 1.28 bits per heavy atom. The minimum Gasteiger partial charge on any atom is -0.393 e. The lowest BCUT2D eigenvalue weighted by Crippen LogP contribution is -2.39. The van der Waals surface area contributed by atoms with E-state index in [1.807, 2.05) is 19.2 Å². The molecular formula is C15H22FNO. The number of nitrogens with one attached hydrogen (secondary N) is 1. The lowest BCUT2D eigenvalue weighted by Gasteiger charge is -2.39. The predicted octanol–water partition coefficient (Wildman–Crippen LogP) is 2.51. The van der Waals surface area contributed by atoms with E-state index in [-0.39, 0.29) is 17.3 Å². The first-order chi connectivity index (χ1) is 8.63. The lowest BCUT2D eigenvalue weighted by molar-refractivity contribution is 0.0628. The highest BCUT2D eigenvalue weighted by molar-refractivity contribution is 5.18. The van der Waals surface area contributed by atoms with E-state index in [0.29, 0.717) is 0 Å². The molecule has 1 fully saturated rings. The molecule has 1 aromatic rings. The third-order valence-corrected chi connectivity index (χ3v) is 4.06. The summed E-state index contributed by atoms with van der Waals surface area (Å²) in [4.78, 5) is 0. The molecule has 2 nitrogen and oxygen atoms in total. The van der Waals surface area contributed by atoms with Crippen LogP contribution in [0.4, 0.5) is 4.39 Å². The van der Waals surface area contributed by atoms with E-state index in [1.54, 1.807) is 0 Å². The highest BCUT2D eigenvalue weighted by Gasteiger charge is 2.34. The first-order valence-corrected chi connectivity index (χ1v) is 6.71. The second-order valence-electron chi connectivity index (χ2n) is 5.56. The van der Waals surface area contributed by atoms with Crippen molar-refractivity contribution < 1.29 is 9.50 Å². The van der Waals surface area contributed by atoms with Crippen LogP contribution in [-0.2, 0) is 6.42 Å². The molecular weight excluding hydrogens is 229 g/mol. The molecule has 0 heterocycles. The molecule has 0 spiro atoms. The SMILES string of the molecule is CNCC1(Cc2ccc(F)cc2)CCC(O)CC1. The van der Waals surface area contributed by atoms with Gasteiger partial charge in [-0.05, 0) is 62.3 Å². The molecule has 0 unspecified atom stereocenters. The molecule has 1 aromatic carbocycles. The molecule has 3 heteroatoms. The van der Waals surface area contributed by atoms with E-state index >= 15 is 0 Å². The maximum absolute atomic E-state index is 12.9. The van der Waals surface area contributed by atoms with Gasteiger partial charge in [-0.3, -0.25) is 0 Å². The Morgan fingerprint density at radius 3 is 2.44 bits per heavy atom. The molecule has 1 saturated carbocycles. The summed E-state index contributed by atoms with van der Waals surface area (Å²) >= 11 is 0. The van der Waals surface area contributed by atoms with Gasteiger partial charge in [-0.15, -0.1) is 0 Å². The largest absolute Gasteiger partial charge is 0.393 e. The Labute approximate surface area is 108 Å². The maximum Gasteiger partial charge on any atom is 0.123 e. The summed E-state index contributed by atoms with van der Waals surface area (Å²) in [5, 5.41) is 12.9. The number of aliphatic hydroxyl groups is 1. The first kappa shape index (κ1) is 13.5. The zero-order valence-corrected chi connectivity index (χ0v) is 11.0. The first-order valence-electron chi connectivity index (χ1n) is 6.71. The number of aliphatic hydroxyl groups excluding tert-OH is 1. The van der Waals surface area contributed by atoms with Gasteiger partial charge < -0.3 is 10.4 Å². The Bertz CT molecular complexity index is 369. The minimum atomic E-state index is -0.180. The van der Waals surface area contributed by atoms with Crippen LogP contribution in [0.15, 0.2) is 24.3 Å². The summed E-state index contributed by atoms with van der Waals surface area (Å²) in [5.74, 6) is -0.180. The molecule has 2 rings (SSSR count). The second-order valence-corrected chi connectivity index (χ2v) is 5.56. The Morgan fingerprint density at radius 2 is 1.89 bits per heavy atom. The quantitative estimate of drug-likeness (QED) is 0.862. The average Bonchev–Trinajstić information content (AvgIpc) is 2.37. The van der Waals surface area contributed by atoms with Gasteiger partial charge in [-0.2, -0.15) is 0 Å². The van der Waals surface area contributed by atoms with Crippen molar-refractivity contribution in [1.29, 1.82) is 0 Å². The molecule has 0 radical (unpaired) electrons. The molecule has 0 saturated heterocycles. The molecule has 0 aliphatic heterocycles. The van der Waals surface area contributed by atoms with Crippen molar-refractivity contribution >= 4 is 0 Å². The van der Waals surface area contributed by atoms with Crippen molar-refractivity contribution in [3.05, 3.63) is 35.6 Å². The van der Waals surface area contributed by atoms with E-state index in [4.69, 9.17) is 0 Å². The molecule has 100 valence electrons. The third kappa shape index (κ3) is 3.30. The standard InChI is InChI=1S/C15H22FNO/c1-17-11-15(8-6-14(18)7-9-15)10-12-2-4-13(16)5-3-12/h2-5,14,17-18H,6-11H2,1H3. The number of hydrogen-bond acceptors (Lipinski definition) is 2. The van der Waals surface area contributed by atoms with Gasteiger partial charge in [0.25, 0.3) is 0 Å². The summed E-state index contributed by atoms with van der Waals surface area (Å²) in [5.41, 5.74) is 1.40. The fourth-order valence-electron chi connectivity index (χ4n) is 3.04. The van der Waals surface area contributed by atoms with Crippen LogP contribution in [0, 0.1) is 11.2 Å². The van der Waals surface area contributed by atoms with Crippen molar-refractivity contribution in [3.63, 3.8) is 0 Å². The second kappa shape index (κ2) is 5.81. The van der Waals surface area contributed by atoms with Crippen LogP contribution in [0.2, 0.25) is 0 Å². The number of benzene rings is 1. The van der Waals surface area contributed by atoms with E-state index < -0.39 is 0 Å². The molecule has 0 bridgehead atoms. The smallest absolute Gasteiger partial charge is 0.123 e. The normalized spacial score (nSPS) is 28.3. The average molecular weight is 251 g/mol. The van der Waals surface area contributed by atoms with Crippen LogP contribution in [0.3, 0.4) is 0 Å². The van der Waals surface area contributed by atoms with Crippen LogP contribution >= 0.6 is 0 Å². The maximum atomic E-state index is 12.9. The summed E-state index contributed by atoms with van der Waals surface area (Å²) < 4.78 is 12.9. The Balaban J connectivity index is 2.08. The topological polar surface area (TPSA) is 32.3 Å². The Hall–Kier alpha value is -0.930. The zero-order chi connectivity index (χ0) is 13.0. The molecule has 0 aromatic heterocycles. The molecule has 1 aliphatic rings. The van der Waals surface area contributed by atoms with Crippen LogP contribution in [0.5, 0.6) is 0 Å². The van der Waals surface area contributed by atoms with Gasteiger partial charge in [0.05, 0.1) is 6.10 Å². The highest BCUT2D eigenvalue weighted by Crippen LogP contribution is 2.38. The monoisotopic (exact) mass is 251 g/mol. The van der Waals surface area contributed by atoms with Gasteiger partial charge in [0.2, 0.25) is 0 Å². The van der Waals surface area contributed by atoms with Gasteiger partial charge in [0.1, 0.15) is 5.82 Å². The van der Waals surface area contributed by atoms with Crippen LogP contribution in [0.1, 0.15) is 31.2 Å². The van der Waals surface area contributed by atoms with Crippen molar-refractivity contribution in [2.75, 3.05) is 13.6 Å². The predicted molar refractivity (Wildman–Crippen MR) is 70.9 cm³/mol. The fourth-order valence-corrected chi connectivity index (χ4v) is 3.04. The summed E-state index contributed by atoms with van der Waals surface area (Å²) in [7, 11) is 1.97. The molecule has 18 heavy (non-hydrogen) atoms. The van der Waals surface area contributed by atoms with E-state index in [2.05, 4.69) is 5.32 Å². The van der Waals surface area contributed by atoms with Crippen molar-refractivity contribution in [3.8, 4) is 0 Å². The number of hydrogen-bond donors (Lipinski definition) is 2. The van der Waals surface area contributed by atoms with E-state index in [1.165, 1.54) is 17.7 Å². The van der Waals surface area contributed by atoms with Gasteiger partial charge in [0, 0.05) is 6.54 Å². The van der Waals surface area contributed by atoms with Gasteiger partial charge in [0.15, 0.2) is 0 Å². The molecule has 2 N–H and O–H groups in total. The van der Waals surface area contributed by atoms with Crippen molar-refractivity contribution in [2.45, 2.75) is 38.2 Å². The molecule has 1 aliphatic carbocycles. The van der Waals surface area contributed by atoms with Gasteiger partial charge >= 0.3 is 0 Å². The van der Waals surface area contributed by atoms with Gasteiger partial charge in [-0.1, -0.05) is 12.1 Å². The van der Waals surface area contributed by atoms with Crippen molar-refractivity contribution in [1.82, 2.24) is 5.32 Å². The fraction of sp³-hybridized carbons (Fsp3) is 0.600. The number of halogens is 1. The third-order valence-electron chi connectivity index (χ3n) is 4.06. The summed E-state index contributed by atoms with van der Waals surface area (Å²) in [6.45, 7) is 0.955. The van der Waals surface area contributed by atoms with Crippen LogP contribution in [-0.4, -0.2) is 24.8 Å². The zero-order valence-electron chi connectivity index (χ0n) is 11.0. The van der Waals surface area contributed by atoms with E-state index in [0.717, 1.165) is 38.6 Å². The van der Waals surface area contributed by atoms with Crippen molar-refractivity contribution in [2.24, 2.45) is 5.41 Å². The van der Waals surface area contributed by atoms with Crippen LogP contribution in [0.25, 0.3) is 0 Å². The summed E-state index contributed by atoms with van der Waals surface area (Å²) in [6.07, 6.45) is 4.65. The van der Waals surface area contributed by atoms with Crippen LogP contribution < -0.4 is 5.32 Å². The summed E-state index contributed by atoms with van der Waals surface area (Å²) in [6, 6.07) is 6.80. The van der Waals surface area contributed by atoms with Gasteiger partial charge in [-0.25, -0.2) is 4.39 Å². The molecule has 0 amide bonds. The number of rotatable bonds is 4.